The Morgan fingerprint density at radius 3 is 1.16 bits per heavy atom. The highest BCUT2D eigenvalue weighted by atomic mass is 16.3. The van der Waals surface area contributed by atoms with Gasteiger partial charge in [0, 0.05) is 56.6 Å². The number of benzene rings is 6. The van der Waals surface area contributed by atoms with Crippen LogP contribution < -0.4 is 0 Å². The summed E-state index contributed by atoms with van der Waals surface area (Å²) in [6.45, 7) is 10.4. The van der Waals surface area contributed by atoms with E-state index in [4.69, 9.17) is 0 Å². The lowest BCUT2D eigenvalue weighted by atomic mass is 9.83. The molecule has 0 aliphatic rings. The summed E-state index contributed by atoms with van der Waals surface area (Å²) in [6, 6.07) is 21.4. The zero-order valence-electron chi connectivity index (χ0n) is 33.7. The molecule has 2 atom stereocenters. The smallest absolute Gasteiger partial charge is 0.167 e. The first kappa shape index (κ1) is 41.5. The van der Waals surface area contributed by atoms with Crippen molar-refractivity contribution in [2.45, 2.75) is 78.3 Å². The molecule has 0 heterocycles. The fourth-order valence-corrected chi connectivity index (χ4v) is 8.09. The van der Waals surface area contributed by atoms with Gasteiger partial charge in [-0.2, -0.15) is 0 Å². The minimum atomic E-state index is -0.597. The number of nitrogens with zero attached hydrogens (tertiary/aromatic N) is 2. The predicted molar refractivity (Wildman–Crippen MR) is 232 cm³/mol. The van der Waals surface area contributed by atoms with Crippen LogP contribution in [0, 0.1) is 13.8 Å². The van der Waals surface area contributed by atoms with E-state index in [0.717, 1.165) is 11.1 Å². The molecule has 10 heteroatoms. The summed E-state index contributed by atoms with van der Waals surface area (Å²) < 4.78 is 0. The maximum Gasteiger partial charge on any atom is 0.167 e. The number of aliphatic hydroxyl groups is 2. The summed E-state index contributed by atoms with van der Waals surface area (Å²) in [6.07, 6.45) is 3.52. The lowest BCUT2D eigenvalue weighted by Gasteiger charge is -2.23. The van der Waals surface area contributed by atoms with Crippen LogP contribution in [0.3, 0.4) is 0 Å². The van der Waals surface area contributed by atoms with E-state index in [1.807, 2.05) is 88.4 Å². The Morgan fingerprint density at radius 2 is 0.845 bits per heavy atom. The highest BCUT2D eigenvalue weighted by Crippen LogP contribution is 2.54. The van der Waals surface area contributed by atoms with Crippen LogP contribution in [0.25, 0.3) is 32.7 Å². The van der Waals surface area contributed by atoms with E-state index in [1.54, 1.807) is 26.0 Å². The van der Waals surface area contributed by atoms with Gasteiger partial charge in [0.1, 0.15) is 11.5 Å². The van der Waals surface area contributed by atoms with Gasteiger partial charge in [0.2, 0.25) is 0 Å². The lowest BCUT2D eigenvalue weighted by molar-refractivity contribution is 0.266. The number of hydrogen-bond acceptors (Lipinski definition) is 10. The average Bonchev–Trinajstić information content (AvgIpc) is 3.19. The average molecular weight is 785 g/mol. The largest absolute Gasteiger partial charge is 0.507 e. The first-order valence-corrected chi connectivity index (χ1v) is 19.5. The van der Waals surface area contributed by atoms with Crippen LogP contribution in [0.2, 0.25) is 0 Å². The SMILES string of the molecule is Cc1cc2c(C(C)C)c(O)c(O)c(/C=N/[C@H](CO)Cc3ccccc3)c2c(O)c1-c1c(C)cc2c(C(C)C)c(O)c(O)c(/C=N/[C@H](CO)Cc3ccccc3)c2c1O. The van der Waals surface area contributed by atoms with Gasteiger partial charge in [-0.3, -0.25) is 9.98 Å². The van der Waals surface area contributed by atoms with E-state index in [2.05, 4.69) is 9.98 Å². The second kappa shape index (κ2) is 17.2. The van der Waals surface area contributed by atoms with Gasteiger partial charge in [0.15, 0.2) is 23.0 Å². The fourth-order valence-electron chi connectivity index (χ4n) is 8.09. The van der Waals surface area contributed by atoms with Crippen molar-refractivity contribution in [1.82, 2.24) is 0 Å². The molecular weight excluding hydrogens is 733 g/mol. The molecule has 0 bridgehead atoms. The highest BCUT2D eigenvalue weighted by molar-refractivity contribution is 6.15. The zero-order valence-corrected chi connectivity index (χ0v) is 33.7. The lowest BCUT2D eigenvalue weighted by Crippen LogP contribution is -2.14. The van der Waals surface area contributed by atoms with E-state index < -0.39 is 23.6 Å². The normalized spacial score (nSPS) is 13.2. The summed E-state index contributed by atoms with van der Waals surface area (Å²) in [4.78, 5) is 9.22. The van der Waals surface area contributed by atoms with Crippen molar-refractivity contribution >= 4 is 34.0 Å². The van der Waals surface area contributed by atoms with Crippen molar-refractivity contribution < 1.29 is 40.9 Å². The number of fused-ring (bicyclic) bond motifs is 2. The molecule has 0 unspecified atom stereocenters. The van der Waals surface area contributed by atoms with Crippen LogP contribution in [0.4, 0.5) is 0 Å². The number of rotatable bonds is 13. The Morgan fingerprint density at radius 1 is 0.500 bits per heavy atom. The summed E-state index contributed by atoms with van der Waals surface area (Å²) >= 11 is 0. The van der Waals surface area contributed by atoms with E-state index in [9.17, 15) is 40.9 Å². The van der Waals surface area contributed by atoms with Crippen molar-refractivity contribution in [2.75, 3.05) is 13.2 Å². The van der Waals surface area contributed by atoms with Gasteiger partial charge in [-0.15, -0.1) is 0 Å². The summed E-state index contributed by atoms with van der Waals surface area (Å²) in [5.74, 6) is -2.82. The minimum absolute atomic E-state index is 0.0334. The maximum absolute atomic E-state index is 12.5. The molecule has 0 aliphatic heterocycles. The number of aliphatic hydroxyl groups excluding tert-OH is 2. The fraction of sp³-hybridized carbons (Fsp3) is 0.292. The number of hydrogen-bond donors (Lipinski definition) is 8. The van der Waals surface area contributed by atoms with E-state index >= 15 is 0 Å². The van der Waals surface area contributed by atoms with Crippen molar-refractivity contribution in [3.63, 3.8) is 0 Å². The Hall–Kier alpha value is -6.10. The third kappa shape index (κ3) is 7.77. The van der Waals surface area contributed by atoms with Gasteiger partial charge in [0.05, 0.1) is 25.3 Å². The molecule has 58 heavy (non-hydrogen) atoms. The van der Waals surface area contributed by atoms with Crippen LogP contribution in [-0.2, 0) is 12.8 Å². The van der Waals surface area contributed by atoms with Crippen molar-refractivity contribution in [2.24, 2.45) is 9.98 Å². The molecule has 0 aliphatic carbocycles. The molecule has 0 fully saturated rings. The molecular formula is C48H52N2O8. The van der Waals surface area contributed by atoms with Crippen molar-refractivity contribution in [1.29, 1.82) is 0 Å². The second-order valence-electron chi connectivity index (χ2n) is 15.6. The molecule has 6 rings (SSSR count). The van der Waals surface area contributed by atoms with Gasteiger partial charge >= 0.3 is 0 Å². The van der Waals surface area contributed by atoms with Gasteiger partial charge in [-0.1, -0.05) is 100 Å². The first-order chi connectivity index (χ1) is 27.7. The summed E-state index contributed by atoms with van der Waals surface area (Å²) in [7, 11) is 0. The number of aromatic hydroxyl groups is 6. The van der Waals surface area contributed by atoms with Crippen LogP contribution in [-0.4, -0.2) is 78.6 Å². The number of phenolic OH excluding ortho intramolecular Hbond substituents is 6. The molecule has 0 aromatic heterocycles. The van der Waals surface area contributed by atoms with Crippen LogP contribution in [0.1, 0.15) is 84.0 Å². The highest BCUT2D eigenvalue weighted by Gasteiger charge is 2.30. The first-order valence-electron chi connectivity index (χ1n) is 19.5. The van der Waals surface area contributed by atoms with Gasteiger partial charge in [-0.05, 0) is 71.6 Å². The molecule has 0 amide bonds. The van der Waals surface area contributed by atoms with E-state index in [0.29, 0.717) is 45.9 Å². The Kier molecular flexibility index (Phi) is 12.3. The Bertz CT molecular complexity index is 2350. The zero-order chi connectivity index (χ0) is 42.0. The van der Waals surface area contributed by atoms with Gasteiger partial charge in [-0.25, -0.2) is 0 Å². The molecule has 302 valence electrons. The molecule has 0 radical (unpaired) electrons. The third-order valence-electron chi connectivity index (χ3n) is 10.9. The monoisotopic (exact) mass is 784 g/mol. The molecule has 8 N–H and O–H groups in total. The molecule has 6 aromatic rings. The number of phenols is 6. The van der Waals surface area contributed by atoms with E-state index in [1.165, 1.54) is 12.4 Å². The van der Waals surface area contributed by atoms with Crippen molar-refractivity contribution in [3.05, 3.63) is 117 Å². The van der Waals surface area contributed by atoms with E-state index in [-0.39, 0.29) is 81.1 Å². The quantitative estimate of drug-likeness (QED) is 0.0422. The summed E-state index contributed by atoms with van der Waals surface area (Å²) in [5, 5.41) is 92.6. The van der Waals surface area contributed by atoms with Gasteiger partial charge in [0.25, 0.3) is 0 Å². The topological polar surface area (TPSA) is 187 Å². The molecule has 0 saturated carbocycles. The van der Waals surface area contributed by atoms with Crippen LogP contribution >= 0.6 is 0 Å². The molecule has 6 aromatic carbocycles. The van der Waals surface area contributed by atoms with Crippen LogP contribution in [0.5, 0.6) is 34.5 Å². The predicted octanol–water partition coefficient (Wildman–Crippen LogP) is 8.80. The Balaban J connectivity index is 1.63. The maximum atomic E-state index is 12.5. The number of aryl methyl sites for hydroxylation is 2. The van der Waals surface area contributed by atoms with Crippen LogP contribution in [0.15, 0.2) is 82.8 Å². The van der Waals surface area contributed by atoms with Crippen molar-refractivity contribution in [3.8, 4) is 45.6 Å². The molecule has 0 spiro atoms. The minimum Gasteiger partial charge on any atom is -0.507 e. The number of aliphatic imine (C=N–C) groups is 2. The Labute approximate surface area is 338 Å². The summed E-state index contributed by atoms with van der Waals surface area (Å²) in [5.41, 5.74) is 4.33. The van der Waals surface area contributed by atoms with Gasteiger partial charge < -0.3 is 40.9 Å². The molecule has 0 saturated heterocycles. The standard InChI is InChI=1S/C48H52N2O8/c1-25(2)37-33-17-27(5)39(45(55)41(33)35(43(53)47(37)57)21-49-31(23-51)19-29-13-9-7-10-14-29)40-28(6)18-34-38(26(3)4)48(58)44(54)36(42(34)46(40)56)22-50-32(24-52)20-30-15-11-8-12-16-30/h7-18,21-22,25-26,31-32,51-58H,19-20,23-24H2,1-6H3/b49-21+,50-22+/t31-,32-/m0/s1. The second-order valence-corrected chi connectivity index (χ2v) is 15.6. The third-order valence-corrected chi connectivity index (χ3v) is 10.9. The molecule has 10 nitrogen and oxygen atoms in total.